The third-order valence-corrected chi connectivity index (χ3v) is 6.12. The van der Waals surface area contributed by atoms with Crippen LogP contribution < -0.4 is 5.32 Å². The van der Waals surface area contributed by atoms with Gasteiger partial charge in [0.1, 0.15) is 4.60 Å². The van der Waals surface area contributed by atoms with Gasteiger partial charge in [0.05, 0.1) is 4.88 Å². The molecule has 0 aliphatic rings. The van der Waals surface area contributed by atoms with Crippen molar-refractivity contribution in [3.05, 3.63) is 81.3 Å². The van der Waals surface area contributed by atoms with E-state index >= 15 is 0 Å². The Morgan fingerprint density at radius 1 is 1.00 bits per heavy atom. The van der Waals surface area contributed by atoms with Gasteiger partial charge in [0.25, 0.3) is 0 Å². The first-order valence-electron chi connectivity index (χ1n) is 8.54. The fourth-order valence-electron chi connectivity index (χ4n) is 2.65. The number of nitrogens with one attached hydrogen (secondary N) is 1. The summed E-state index contributed by atoms with van der Waals surface area (Å²) in [5.74, 6) is -0.127. The molecule has 0 fully saturated rings. The Bertz CT molecular complexity index is 894. The maximum atomic E-state index is 12.3. The summed E-state index contributed by atoms with van der Waals surface area (Å²) in [5, 5.41) is 15.1. The minimum atomic E-state index is -1.39. The van der Waals surface area contributed by atoms with Gasteiger partial charge in [0, 0.05) is 5.41 Å². The Morgan fingerprint density at radius 3 is 1.93 bits per heavy atom. The number of hydrogen-bond acceptors (Lipinski definition) is 4. The molecule has 3 rings (SSSR count). The van der Waals surface area contributed by atoms with Crippen LogP contribution in [0.1, 0.15) is 36.8 Å². The summed E-state index contributed by atoms with van der Waals surface area (Å²) in [4.78, 5) is 17.4. The zero-order valence-electron chi connectivity index (χ0n) is 15.4. The highest BCUT2D eigenvalue weighted by atomic mass is 79.9. The molecule has 3 aromatic rings. The number of benzene rings is 2. The maximum absolute atomic E-state index is 12.3. The summed E-state index contributed by atoms with van der Waals surface area (Å²) in [7, 11) is 0. The van der Waals surface area contributed by atoms with E-state index in [1.165, 1.54) is 11.3 Å². The van der Waals surface area contributed by atoms with Crippen LogP contribution in [0.3, 0.4) is 0 Å². The third-order valence-electron chi connectivity index (χ3n) is 4.20. The Balaban J connectivity index is 2.11. The van der Waals surface area contributed by atoms with E-state index in [9.17, 15) is 9.90 Å². The average molecular weight is 445 g/mol. The van der Waals surface area contributed by atoms with E-state index in [1.807, 2.05) is 81.4 Å². The number of rotatable bonds is 4. The van der Waals surface area contributed by atoms with Crippen LogP contribution in [0.5, 0.6) is 0 Å². The predicted octanol–water partition coefficient (Wildman–Crippen LogP) is 5.17. The summed E-state index contributed by atoms with van der Waals surface area (Å²) in [6, 6.07) is 18.9. The number of thiazole rings is 1. The van der Waals surface area contributed by atoms with Gasteiger partial charge in [-0.05, 0) is 27.1 Å². The molecule has 0 aliphatic heterocycles. The van der Waals surface area contributed by atoms with E-state index in [0.29, 0.717) is 14.6 Å². The number of carbonyl (C=O) groups is 1. The van der Waals surface area contributed by atoms with Crippen LogP contribution in [0.4, 0.5) is 5.13 Å². The molecule has 2 aromatic carbocycles. The van der Waals surface area contributed by atoms with Gasteiger partial charge in [-0.2, -0.15) is 0 Å². The SMILES string of the molecule is CC(C)(C)C(=O)Nc1nc(Br)c(C(O)(c2ccccc2)c2ccccc2)s1. The second-order valence-corrected chi connectivity index (χ2v) is 9.04. The molecule has 0 spiro atoms. The number of nitrogens with zero attached hydrogens (tertiary/aromatic N) is 1. The smallest absolute Gasteiger partial charge is 0.231 e. The van der Waals surface area contributed by atoms with Crippen LogP contribution in [-0.2, 0) is 10.4 Å². The Labute approximate surface area is 171 Å². The van der Waals surface area contributed by atoms with Gasteiger partial charge in [-0.25, -0.2) is 4.98 Å². The van der Waals surface area contributed by atoms with Gasteiger partial charge >= 0.3 is 0 Å². The molecule has 0 radical (unpaired) electrons. The van der Waals surface area contributed by atoms with Gasteiger partial charge in [0.15, 0.2) is 10.7 Å². The van der Waals surface area contributed by atoms with Crippen molar-refractivity contribution in [2.75, 3.05) is 5.32 Å². The van der Waals surface area contributed by atoms with Crippen LogP contribution in [0, 0.1) is 5.41 Å². The molecule has 2 N–H and O–H groups in total. The molecule has 0 aliphatic carbocycles. The van der Waals surface area contributed by atoms with E-state index in [1.54, 1.807) is 0 Å². The molecule has 1 heterocycles. The van der Waals surface area contributed by atoms with Gasteiger partial charge in [-0.15, -0.1) is 0 Å². The minimum absolute atomic E-state index is 0.127. The average Bonchev–Trinajstić information content (AvgIpc) is 3.02. The lowest BCUT2D eigenvalue weighted by atomic mass is 9.85. The van der Waals surface area contributed by atoms with E-state index in [2.05, 4.69) is 26.2 Å². The lowest BCUT2D eigenvalue weighted by Gasteiger charge is -2.28. The van der Waals surface area contributed by atoms with Crippen molar-refractivity contribution < 1.29 is 9.90 Å². The van der Waals surface area contributed by atoms with Gasteiger partial charge < -0.3 is 10.4 Å². The van der Waals surface area contributed by atoms with Crippen molar-refractivity contribution in [1.82, 2.24) is 4.98 Å². The highest BCUT2D eigenvalue weighted by molar-refractivity contribution is 9.10. The Kier molecular flexibility index (Phi) is 5.51. The molecule has 1 aromatic heterocycles. The standard InChI is InChI=1S/C21H21BrN2O2S/c1-20(2,3)18(25)24-19-23-17(22)16(27-19)21(26,14-10-6-4-7-11-14)15-12-8-5-9-13-15/h4-13,26H,1-3H3,(H,23,24,25). The fourth-order valence-corrected chi connectivity index (χ4v) is 4.46. The van der Waals surface area contributed by atoms with Crippen molar-refractivity contribution in [3.8, 4) is 0 Å². The summed E-state index contributed by atoms with van der Waals surface area (Å²) in [6.07, 6.45) is 0. The summed E-state index contributed by atoms with van der Waals surface area (Å²) in [6.45, 7) is 5.53. The molecule has 27 heavy (non-hydrogen) atoms. The van der Waals surface area contributed by atoms with Crippen molar-refractivity contribution in [1.29, 1.82) is 0 Å². The highest BCUT2D eigenvalue weighted by Gasteiger charge is 2.38. The number of aliphatic hydroxyl groups is 1. The van der Waals surface area contributed by atoms with E-state index in [0.717, 1.165) is 11.1 Å². The lowest BCUT2D eigenvalue weighted by Crippen LogP contribution is -2.28. The first-order valence-corrected chi connectivity index (χ1v) is 10.2. The minimum Gasteiger partial charge on any atom is -0.375 e. The van der Waals surface area contributed by atoms with Crippen molar-refractivity contribution in [3.63, 3.8) is 0 Å². The van der Waals surface area contributed by atoms with Gasteiger partial charge in [-0.1, -0.05) is 92.8 Å². The van der Waals surface area contributed by atoms with Crippen LogP contribution in [0.25, 0.3) is 0 Å². The van der Waals surface area contributed by atoms with E-state index in [4.69, 9.17) is 0 Å². The molecule has 0 bridgehead atoms. The molecule has 0 atom stereocenters. The number of carbonyl (C=O) groups excluding carboxylic acids is 1. The molecule has 0 saturated heterocycles. The van der Waals surface area contributed by atoms with Crippen LogP contribution in [0.15, 0.2) is 65.3 Å². The largest absolute Gasteiger partial charge is 0.375 e. The molecule has 0 unspecified atom stereocenters. The first-order chi connectivity index (χ1) is 12.7. The first kappa shape index (κ1) is 19.7. The lowest BCUT2D eigenvalue weighted by molar-refractivity contribution is -0.123. The molecule has 0 saturated carbocycles. The van der Waals surface area contributed by atoms with Crippen LogP contribution >= 0.6 is 27.3 Å². The van der Waals surface area contributed by atoms with E-state index in [-0.39, 0.29) is 5.91 Å². The number of halogens is 1. The number of amides is 1. The summed E-state index contributed by atoms with van der Waals surface area (Å²) in [5.41, 5.74) is -0.458. The highest BCUT2D eigenvalue weighted by Crippen LogP contribution is 2.44. The van der Waals surface area contributed by atoms with E-state index < -0.39 is 11.0 Å². The van der Waals surface area contributed by atoms with Crippen molar-refractivity contribution in [2.45, 2.75) is 26.4 Å². The molecule has 1 amide bonds. The topological polar surface area (TPSA) is 62.2 Å². The predicted molar refractivity (Wildman–Crippen MR) is 113 cm³/mol. The number of aromatic nitrogens is 1. The molecular formula is C21H21BrN2O2S. The van der Waals surface area contributed by atoms with Gasteiger partial charge in [-0.3, -0.25) is 4.79 Å². The van der Waals surface area contributed by atoms with Crippen molar-refractivity contribution in [2.24, 2.45) is 5.41 Å². The second-order valence-electron chi connectivity index (χ2n) is 7.29. The molecule has 6 heteroatoms. The van der Waals surface area contributed by atoms with Gasteiger partial charge in [0.2, 0.25) is 5.91 Å². The monoisotopic (exact) mass is 444 g/mol. The maximum Gasteiger partial charge on any atom is 0.231 e. The normalized spacial score (nSPS) is 12.0. The number of hydrogen-bond donors (Lipinski definition) is 2. The number of anilines is 1. The zero-order chi connectivity index (χ0) is 19.7. The molecule has 140 valence electrons. The molecule has 4 nitrogen and oxygen atoms in total. The summed E-state index contributed by atoms with van der Waals surface area (Å²) < 4.78 is 0.506. The van der Waals surface area contributed by atoms with Crippen molar-refractivity contribution >= 4 is 38.3 Å². The van der Waals surface area contributed by atoms with Crippen LogP contribution in [0.2, 0.25) is 0 Å². The Morgan fingerprint density at radius 2 is 1.48 bits per heavy atom. The quantitative estimate of drug-likeness (QED) is 0.582. The second kappa shape index (κ2) is 7.54. The fraction of sp³-hybridized carbons (Fsp3) is 0.238. The zero-order valence-corrected chi connectivity index (χ0v) is 17.8. The summed E-state index contributed by atoms with van der Waals surface area (Å²) >= 11 is 4.74. The molecular weight excluding hydrogens is 424 g/mol. The third kappa shape index (κ3) is 3.98. The van der Waals surface area contributed by atoms with Crippen LogP contribution in [-0.4, -0.2) is 16.0 Å². The Hall–Kier alpha value is -2.02.